The summed E-state index contributed by atoms with van der Waals surface area (Å²) in [5.74, 6) is 1.63. The van der Waals surface area contributed by atoms with Gasteiger partial charge >= 0.3 is 5.97 Å². The summed E-state index contributed by atoms with van der Waals surface area (Å²) in [6, 6.07) is 7.40. The third-order valence-corrected chi connectivity index (χ3v) is 7.57. The molecule has 0 aromatic heterocycles. The topological polar surface area (TPSA) is 43.4 Å². The highest BCUT2D eigenvalue weighted by Gasteiger charge is 2.58. The highest BCUT2D eigenvalue weighted by Crippen LogP contribution is 2.60. The summed E-state index contributed by atoms with van der Waals surface area (Å²) in [5, 5.41) is 0.599. The molecule has 3 aliphatic rings. The summed E-state index contributed by atoms with van der Waals surface area (Å²) in [6.07, 6.45) is 12.0. The number of hydrogen-bond donors (Lipinski definition) is 0. The van der Waals surface area contributed by atoms with Gasteiger partial charge in [0.15, 0.2) is 5.78 Å². The van der Waals surface area contributed by atoms with Crippen molar-refractivity contribution in [2.45, 2.75) is 77.6 Å². The fraction of sp³-hybridized carbons (Fsp3) is 0.615. The first-order valence-electron chi connectivity index (χ1n) is 11.8. The average Bonchev–Trinajstić information content (AvgIpc) is 3.41. The number of Topliss-reactive ketones (excluding diaryl/α,β-unsaturated/α-hetero) is 1. The van der Waals surface area contributed by atoms with Crippen molar-refractivity contribution < 1.29 is 14.3 Å². The average molecular weight is 429 g/mol. The number of carbonyl (C=O) groups excluding carboxylic acids is 2. The molecule has 0 heterocycles. The van der Waals surface area contributed by atoms with Gasteiger partial charge in [0.1, 0.15) is 5.76 Å². The summed E-state index contributed by atoms with van der Waals surface area (Å²) in [7, 11) is 0. The van der Waals surface area contributed by atoms with E-state index in [2.05, 4.69) is 6.92 Å². The first kappa shape index (κ1) is 21.6. The van der Waals surface area contributed by atoms with Crippen LogP contribution in [0.2, 0.25) is 5.02 Å². The van der Waals surface area contributed by atoms with Gasteiger partial charge < -0.3 is 4.74 Å². The van der Waals surface area contributed by atoms with Crippen LogP contribution < -0.4 is 0 Å². The van der Waals surface area contributed by atoms with E-state index in [-0.39, 0.29) is 23.6 Å². The molecule has 30 heavy (non-hydrogen) atoms. The number of benzene rings is 1. The predicted octanol–water partition coefficient (Wildman–Crippen LogP) is 6.98. The minimum Gasteiger partial charge on any atom is -0.430 e. The largest absolute Gasteiger partial charge is 0.430 e. The van der Waals surface area contributed by atoms with Crippen LogP contribution in [-0.2, 0) is 14.3 Å². The van der Waals surface area contributed by atoms with Crippen LogP contribution in [0.5, 0.6) is 0 Å². The van der Waals surface area contributed by atoms with E-state index in [1.807, 2.05) is 24.3 Å². The van der Waals surface area contributed by atoms with Crippen molar-refractivity contribution in [1.82, 2.24) is 0 Å². The standard InChI is InChI=1S/C26H33ClO3/c1-2-3-4-5-6-7-8-12-21(28)30-26-23-19-14-13-18(15-19)22(23)25(29)24(26)17-10-9-11-20(27)16-17/h9-11,16,18-19,22-23H,2-8,12-15H2,1H3. The second-order valence-electron chi connectivity index (χ2n) is 9.34. The van der Waals surface area contributed by atoms with E-state index >= 15 is 0 Å². The van der Waals surface area contributed by atoms with E-state index in [0.29, 0.717) is 34.6 Å². The number of carbonyl (C=O) groups is 2. The summed E-state index contributed by atoms with van der Waals surface area (Å²) < 4.78 is 5.98. The van der Waals surface area contributed by atoms with E-state index in [0.717, 1.165) is 37.7 Å². The smallest absolute Gasteiger partial charge is 0.310 e. The number of halogens is 1. The quantitative estimate of drug-likeness (QED) is 0.298. The van der Waals surface area contributed by atoms with Crippen molar-refractivity contribution in [2.24, 2.45) is 23.7 Å². The number of fused-ring (bicyclic) bond motifs is 5. The predicted molar refractivity (Wildman–Crippen MR) is 120 cm³/mol. The van der Waals surface area contributed by atoms with Gasteiger partial charge in [-0.25, -0.2) is 0 Å². The number of rotatable bonds is 10. The summed E-state index contributed by atoms with van der Waals surface area (Å²) >= 11 is 6.20. The summed E-state index contributed by atoms with van der Waals surface area (Å²) in [5.41, 5.74) is 1.40. The Kier molecular flexibility index (Phi) is 6.98. The van der Waals surface area contributed by atoms with Gasteiger partial charge in [-0.15, -0.1) is 0 Å². The van der Waals surface area contributed by atoms with Crippen molar-refractivity contribution in [1.29, 1.82) is 0 Å². The number of unbranched alkanes of at least 4 members (excludes halogenated alkanes) is 6. The third-order valence-electron chi connectivity index (χ3n) is 7.34. The molecule has 3 aliphatic carbocycles. The monoisotopic (exact) mass is 428 g/mol. The van der Waals surface area contributed by atoms with Crippen LogP contribution in [0.25, 0.3) is 5.57 Å². The molecule has 162 valence electrons. The molecule has 4 unspecified atom stereocenters. The lowest BCUT2D eigenvalue weighted by Crippen LogP contribution is -2.25. The van der Waals surface area contributed by atoms with Gasteiger partial charge in [-0.3, -0.25) is 9.59 Å². The molecule has 0 saturated heterocycles. The minimum absolute atomic E-state index is 0.000836. The first-order chi connectivity index (χ1) is 14.6. The highest BCUT2D eigenvalue weighted by molar-refractivity contribution is 6.31. The second-order valence-corrected chi connectivity index (χ2v) is 9.78. The lowest BCUT2D eigenvalue weighted by Gasteiger charge is -2.25. The zero-order valence-corrected chi connectivity index (χ0v) is 18.8. The summed E-state index contributed by atoms with van der Waals surface area (Å²) in [6.45, 7) is 2.22. The summed E-state index contributed by atoms with van der Waals surface area (Å²) in [4.78, 5) is 26.1. The van der Waals surface area contributed by atoms with E-state index in [9.17, 15) is 9.59 Å². The Bertz CT molecular complexity index is 827. The molecule has 4 rings (SSSR count). The van der Waals surface area contributed by atoms with Gasteiger partial charge in [0.25, 0.3) is 0 Å². The molecule has 2 fully saturated rings. The third kappa shape index (κ3) is 4.37. The molecule has 0 spiro atoms. The number of hydrogen-bond acceptors (Lipinski definition) is 3. The lowest BCUT2D eigenvalue weighted by molar-refractivity contribution is -0.140. The van der Waals surface area contributed by atoms with Gasteiger partial charge in [0, 0.05) is 23.3 Å². The Labute approximate surface area is 185 Å². The highest BCUT2D eigenvalue weighted by atomic mass is 35.5. The van der Waals surface area contributed by atoms with Gasteiger partial charge in [-0.05, 0) is 55.2 Å². The van der Waals surface area contributed by atoms with Crippen LogP contribution in [0.4, 0.5) is 0 Å². The molecular weight excluding hydrogens is 396 g/mol. The normalized spacial score (nSPS) is 27.1. The molecule has 0 radical (unpaired) electrons. The Morgan fingerprint density at radius 1 is 1.03 bits per heavy atom. The van der Waals surface area contributed by atoms with Crippen LogP contribution >= 0.6 is 11.6 Å². The van der Waals surface area contributed by atoms with E-state index in [4.69, 9.17) is 16.3 Å². The minimum atomic E-state index is -0.186. The maximum atomic E-state index is 13.4. The van der Waals surface area contributed by atoms with Crippen molar-refractivity contribution in [3.05, 3.63) is 40.6 Å². The molecule has 0 amide bonds. The van der Waals surface area contributed by atoms with Crippen LogP contribution in [-0.4, -0.2) is 11.8 Å². The van der Waals surface area contributed by atoms with E-state index in [1.54, 1.807) is 0 Å². The van der Waals surface area contributed by atoms with Gasteiger partial charge in [-0.2, -0.15) is 0 Å². The lowest BCUT2D eigenvalue weighted by atomic mass is 9.80. The van der Waals surface area contributed by atoms with Gasteiger partial charge in [0.05, 0.1) is 5.57 Å². The second kappa shape index (κ2) is 9.68. The molecule has 0 N–H and O–H groups in total. The van der Waals surface area contributed by atoms with E-state index < -0.39 is 0 Å². The van der Waals surface area contributed by atoms with Crippen molar-refractivity contribution in [3.8, 4) is 0 Å². The molecule has 0 aliphatic heterocycles. The van der Waals surface area contributed by atoms with Gasteiger partial charge in [0.2, 0.25) is 0 Å². The molecule has 1 aromatic rings. The zero-order valence-electron chi connectivity index (χ0n) is 18.0. The first-order valence-corrected chi connectivity index (χ1v) is 12.2. The Hall–Kier alpha value is -1.61. The number of ketones is 1. The molecule has 3 nitrogen and oxygen atoms in total. The maximum Gasteiger partial charge on any atom is 0.310 e. The molecule has 4 atom stereocenters. The SMILES string of the molecule is CCCCCCCCCC(=O)OC1=C(c2cccc(Cl)c2)C(=O)C2C3CCC(C3)C12. The molecule has 2 bridgehead atoms. The van der Waals surface area contributed by atoms with E-state index in [1.165, 1.54) is 32.1 Å². The van der Waals surface area contributed by atoms with Crippen LogP contribution in [0, 0.1) is 23.7 Å². The number of allylic oxidation sites excluding steroid dienone is 2. The van der Waals surface area contributed by atoms with Crippen LogP contribution in [0.15, 0.2) is 30.0 Å². The Morgan fingerprint density at radius 3 is 2.47 bits per heavy atom. The number of esters is 1. The Balaban J connectivity index is 1.45. The molecule has 2 saturated carbocycles. The van der Waals surface area contributed by atoms with Crippen molar-refractivity contribution in [2.75, 3.05) is 0 Å². The Morgan fingerprint density at radius 2 is 1.73 bits per heavy atom. The van der Waals surface area contributed by atoms with Crippen molar-refractivity contribution >= 4 is 28.9 Å². The van der Waals surface area contributed by atoms with Crippen molar-refractivity contribution in [3.63, 3.8) is 0 Å². The fourth-order valence-corrected chi connectivity index (χ4v) is 6.14. The van der Waals surface area contributed by atoms with Gasteiger partial charge in [-0.1, -0.05) is 69.2 Å². The number of ether oxygens (including phenoxy) is 1. The van der Waals surface area contributed by atoms with Crippen LogP contribution in [0.3, 0.4) is 0 Å². The molecule has 1 aromatic carbocycles. The molecular formula is C26H33ClO3. The van der Waals surface area contributed by atoms with Crippen LogP contribution in [0.1, 0.15) is 83.1 Å². The fourth-order valence-electron chi connectivity index (χ4n) is 5.95. The zero-order chi connectivity index (χ0) is 21.1. The maximum absolute atomic E-state index is 13.4. The molecule has 4 heteroatoms.